The lowest BCUT2D eigenvalue weighted by Gasteiger charge is -2.47. The van der Waals surface area contributed by atoms with Crippen LogP contribution in [0.15, 0.2) is 0 Å². The van der Waals surface area contributed by atoms with Gasteiger partial charge in [0.05, 0.1) is 18.8 Å². The first kappa shape index (κ1) is 26.6. The van der Waals surface area contributed by atoms with Gasteiger partial charge in [0, 0.05) is 6.92 Å². The number of rotatable bonds is 5. The number of hydrogen-bond acceptors (Lipinski definition) is 14. The molecule has 33 heavy (non-hydrogen) atoms. The molecule has 3 aliphatic rings. The van der Waals surface area contributed by atoms with E-state index in [0.29, 0.717) is 0 Å². The molecule has 7 N–H and O–H groups in total. The number of aliphatic hydroxyl groups excluding tert-OH is 7. The van der Waals surface area contributed by atoms with Crippen molar-refractivity contribution in [3.8, 4) is 0 Å². The van der Waals surface area contributed by atoms with Gasteiger partial charge in [0.1, 0.15) is 48.8 Å². The third-order valence-electron chi connectivity index (χ3n) is 5.90. The summed E-state index contributed by atoms with van der Waals surface area (Å²) in [6.45, 7) is 3.62. The fourth-order valence-corrected chi connectivity index (χ4v) is 3.95. The molecule has 3 aliphatic heterocycles. The van der Waals surface area contributed by atoms with Crippen molar-refractivity contribution in [1.29, 1.82) is 0 Å². The second-order valence-corrected chi connectivity index (χ2v) is 8.44. The van der Waals surface area contributed by atoms with Gasteiger partial charge in [-0.25, -0.2) is 0 Å². The molecule has 3 heterocycles. The van der Waals surface area contributed by atoms with Crippen LogP contribution in [0.4, 0.5) is 0 Å². The summed E-state index contributed by atoms with van der Waals surface area (Å²) in [4.78, 5) is 11.4. The smallest absolute Gasteiger partial charge is 0.303 e. The van der Waals surface area contributed by atoms with Crippen molar-refractivity contribution >= 4 is 5.97 Å². The summed E-state index contributed by atoms with van der Waals surface area (Å²) in [6.07, 6.45) is -20.1. The SMILES string of the molecule is CC(=O)O[C@@H]1[C@@H](O)[C@H](C)O[C@@H](O[C@@H]2[C@@H](O[C@@H]3OC[C@@H](O)[C@H](O)[C@H]3O)[C@@H](O)[C@@H](C)O[C@H]2O)[C@@H]1O. The van der Waals surface area contributed by atoms with Gasteiger partial charge in [-0.15, -0.1) is 0 Å². The number of aliphatic hydroxyl groups is 7. The van der Waals surface area contributed by atoms with Gasteiger partial charge in [0.15, 0.2) is 25.0 Å². The maximum absolute atomic E-state index is 11.4. The zero-order chi connectivity index (χ0) is 24.6. The highest BCUT2D eigenvalue weighted by Gasteiger charge is 2.52. The molecule has 0 radical (unpaired) electrons. The Labute approximate surface area is 189 Å². The first-order valence-corrected chi connectivity index (χ1v) is 10.6. The fraction of sp³-hybridized carbons (Fsp3) is 0.947. The van der Waals surface area contributed by atoms with E-state index in [4.69, 9.17) is 28.4 Å². The Morgan fingerprint density at radius 2 is 1.30 bits per heavy atom. The Hall–Kier alpha value is -1.01. The summed E-state index contributed by atoms with van der Waals surface area (Å²) in [5.41, 5.74) is 0. The monoisotopic (exact) mass is 484 g/mol. The minimum Gasteiger partial charge on any atom is -0.457 e. The Kier molecular flexibility index (Phi) is 8.64. The van der Waals surface area contributed by atoms with Gasteiger partial charge in [-0.3, -0.25) is 4.79 Å². The van der Waals surface area contributed by atoms with Crippen LogP contribution >= 0.6 is 0 Å². The van der Waals surface area contributed by atoms with E-state index in [0.717, 1.165) is 6.92 Å². The molecule has 3 saturated heterocycles. The summed E-state index contributed by atoms with van der Waals surface area (Å²) in [6, 6.07) is 0. The Morgan fingerprint density at radius 1 is 0.727 bits per heavy atom. The predicted molar refractivity (Wildman–Crippen MR) is 102 cm³/mol. The van der Waals surface area contributed by atoms with Crippen LogP contribution in [0.3, 0.4) is 0 Å². The van der Waals surface area contributed by atoms with Crippen LogP contribution in [0.1, 0.15) is 20.8 Å². The van der Waals surface area contributed by atoms with E-state index in [2.05, 4.69) is 0 Å². The molecule has 3 fully saturated rings. The first-order valence-electron chi connectivity index (χ1n) is 10.6. The molecule has 0 aromatic rings. The standard InChI is InChI=1S/C19H32O14/c1-5-10(23)15(32-18-12(25)11(24)8(21)4-28-18)16(17(27)29-5)33-19-13(26)14(31-7(3)20)9(22)6(2)30-19/h5-6,8-19,21-27H,4H2,1-3H3/t5-,6+,8-,9+,10+,11+,12-,13-,14-,15+,16-,17-,18+,19+/m1/s1. The average Bonchev–Trinajstić information content (AvgIpc) is 2.75. The summed E-state index contributed by atoms with van der Waals surface area (Å²) < 4.78 is 32.2. The van der Waals surface area contributed by atoms with Crippen molar-refractivity contribution < 1.29 is 69.0 Å². The molecule has 14 atom stereocenters. The van der Waals surface area contributed by atoms with E-state index in [1.54, 1.807) is 0 Å². The molecule has 3 rings (SSSR count). The molecular weight excluding hydrogens is 452 g/mol. The maximum Gasteiger partial charge on any atom is 0.303 e. The Bertz CT molecular complexity index is 664. The highest BCUT2D eigenvalue weighted by Crippen LogP contribution is 2.32. The normalized spacial score (nSPS) is 51.2. The second-order valence-electron chi connectivity index (χ2n) is 8.44. The molecule has 14 heteroatoms. The van der Waals surface area contributed by atoms with Crippen LogP contribution in [-0.2, 0) is 33.2 Å². The molecule has 0 bridgehead atoms. The molecule has 192 valence electrons. The largest absolute Gasteiger partial charge is 0.457 e. The Morgan fingerprint density at radius 3 is 1.94 bits per heavy atom. The summed E-state index contributed by atoms with van der Waals surface area (Å²) >= 11 is 0. The fourth-order valence-electron chi connectivity index (χ4n) is 3.95. The van der Waals surface area contributed by atoms with Crippen LogP contribution in [0.5, 0.6) is 0 Å². The second kappa shape index (κ2) is 10.7. The number of carbonyl (C=O) groups is 1. The predicted octanol–water partition coefficient (Wildman–Crippen LogP) is -4.31. The van der Waals surface area contributed by atoms with Crippen molar-refractivity contribution in [3.05, 3.63) is 0 Å². The molecule has 0 aromatic heterocycles. The highest BCUT2D eigenvalue weighted by atomic mass is 16.8. The van der Waals surface area contributed by atoms with Crippen LogP contribution in [0, 0.1) is 0 Å². The van der Waals surface area contributed by atoms with E-state index >= 15 is 0 Å². The lowest BCUT2D eigenvalue weighted by Crippen LogP contribution is -2.65. The zero-order valence-corrected chi connectivity index (χ0v) is 18.3. The number of hydrogen-bond donors (Lipinski definition) is 7. The van der Waals surface area contributed by atoms with Gasteiger partial charge in [-0.05, 0) is 13.8 Å². The van der Waals surface area contributed by atoms with E-state index in [9.17, 15) is 40.5 Å². The zero-order valence-electron chi connectivity index (χ0n) is 18.3. The molecule has 0 spiro atoms. The van der Waals surface area contributed by atoms with Crippen molar-refractivity contribution in [3.63, 3.8) is 0 Å². The van der Waals surface area contributed by atoms with Crippen molar-refractivity contribution in [2.24, 2.45) is 0 Å². The summed E-state index contributed by atoms with van der Waals surface area (Å²) in [5.74, 6) is -0.762. The summed E-state index contributed by atoms with van der Waals surface area (Å²) in [5, 5.41) is 71.5. The van der Waals surface area contributed by atoms with Crippen molar-refractivity contribution in [2.45, 2.75) is 107 Å². The van der Waals surface area contributed by atoms with Crippen molar-refractivity contribution in [1.82, 2.24) is 0 Å². The van der Waals surface area contributed by atoms with Gasteiger partial charge >= 0.3 is 5.97 Å². The van der Waals surface area contributed by atoms with Gasteiger partial charge in [-0.2, -0.15) is 0 Å². The first-order chi connectivity index (χ1) is 15.4. The van der Waals surface area contributed by atoms with Gasteiger partial charge < -0.3 is 64.2 Å². The van der Waals surface area contributed by atoms with E-state index < -0.39 is 92.0 Å². The third kappa shape index (κ3) is 5.63. The molecule has 0 aliphatic carbocycles. The van der Waals surface area contributed by atoms with Crippen LogP contribution < -0.4 is 0 Å². The van der Waals surface area contributed by atoms with Crippen LogP contribution in [-0.4, -0.2) is 134 Å². The number of carbonyl (C=O) groups excluding carboxylic acids is 1. The molecule has 0 amide bonds. The summed E-state index contributed by atoms with van der Waals surface area (Å²) in [7, 11) is 0. The quantitative estimate of drug-likeness (QED) is 0.184. The van der Waals surface area contributed by atoms with Gasteiger partial charge in [0.2, 0.25) is 0 Å². The van der Waals surface area contributed by atoms with E-state index in [1.807, 2.05) is 0 Å². The molecule has 0 saturated carbocycles. The van der Waals surface area contributed by atoms with E-state index in [1.165, 1.54) is 13.8 Å². The lowest BCUT2D eigenvalue weighted by molar-refractivity contribution is -0.378. The lowest BCUT2D eigenvalue weighted by atomic mass is 9.97. The molecular formula is C19H32O14. The number of ether oxygens (including phenoxy) is 6. The van der Waals surface area contributed by atoms with Gasteiger partial charge in [0.25, 0.3) is 0 Å². The van der Waals surface area contributed by atoms with Crippen LogP contribution in [0.25, 0.3) is 0 Å². The Balaban J connectivity index is 1.79. The average molecular weight is 484 g/mol. The van der Waals surface area contributed by atoms with Gasteiger partial charge in [-0.1, -0.05) is 0 Å². The molecule has 14 nitrogen and oxygen atoms in total. The minimum absolute atomic E-state index is 0.365. The van der Waals surface area contributed by atoms with Crippen molar-refractivity contribution in [2.75, 3.05) is 6.61 Å². The third-order valence-corrected chi connectivity index (χ3v) is 5.90. The van der Waals surface area contributed by atoms with Crippen LogP contribution in [0.2, 0.25) is 0 Å². The minimum atomic E-state index is -1.70. The topological polar surface area (TPSA) is 214 Å². The number of esters is 1. The van der Waals surface area contributed by atoms with E-state index in [-0.39, 0.29) is 6.61 Å². The molecule has 0 unspecified atom stereocenters. The maximum atomic E-state index is 11.4. The molecule has 0 aromatic carbocycles. The highest BCUT2D eigenvalue weighted by molar-refractivity contribution is 5.66.